The molecule has 126 valence electrons. The van der Waals surface area contributed by atoms with Crippen LogP contribution in [0.1, 0.15) is 41.5 Å². The highest BCUT2D eigenvalue weighted by atomic mass is 32.2. The molecule has 24 heavy (non-hydrogen) atoms. The maximum atomic E-state index is 14.3. The molecule has 0 atom stereocenters. The summed E-state index contributed by atoms with van der Waals surface area (Å²) in [4.78, 5) is -0.238. The Balaban J connectivity index is 2.11. The van der Waals surface area contributed by atoms with Crippen LogP contribution >= 0.6 is 0 Å². The number of sulfone groups is 1. The lowest BCUT2D eigenvalue weighted by Gasteiger charge is -2.11. The molecule has 2 nitrogen and oxygen atoms in total. The topological polar surface area (TPSA) is 34.1 Å². The molecule has 0 aliphatic heterocycles. The third kappa shape index (κ3) is 3.29. The van der Waals surface area contributed by atoms with Crippen LogP contribution in [0.5, 0.6) is 0 Å². The number of allylic oxidation sites excluding steroid dienone is 2. The van der Waals surface area contributed by atoms with Crippen molar-refractivity contribution in [3.63, 3.8) is 0 Å². The van der Waals surface area contributed by atoms with E-state index in [0.29, 0.717) is 0 Å². The largest absolute Gasteiger partial charge is 0.224 e. The summed E-state index contributed by atoms with van der Waals surface area (Å²) in [6.07, 6.45) is 3.92. The number of aryl methyl sites for hydroxylation is 2. The SMILES string of the molecule is Cc1cc(C)cc(C2=C(c3ccc(S(C)(=O)=O)c(F)c3)CCC2)c1. The molecule has 0 amide bonds. The van der Waals surface area contributed by atoms with Gasteiger partial charge in [0.05, 0.1) is 0 Å². The Morgan fingerprint density at radius 2 is 1.46 bits per heavy atom. The van der Waals surface area contributed by atoms with E-state index >= 15 is 0 Å². The predicted molar refractivity (Wildman–Crippen MR) is 96.1 cm³/mol. The molecule has 2 aromatic rings. The molecule has 0 fully saturated rings. The third-order valence-corrected chi connectivity index (χ3v) is 5.60. The van der Waals surface area contributed by atoms with E-state index in [1.54, 1.807) is 6.07 Å². The predicted octanol–water partition coefficient (Wildman–Crippen LogP) is 4.94. The van der Waals surface area contributed by atoms with Crippen LogP contribution in [0.4, 0.5) is 4.39 Å². The smallest absolute Gasteiger partial charge is 0.178 e. The molecule has 0 spiro atoms. The minimum absolute atomic E-state index is 0.238. The van der Waals surface area contributed by atoms with Gasteiger partial charge in [0.15, 0.2) is 9.84 Å². The van der Waals surface area contributed by atoms with Gasteiger partial charge < -0.3 is 0 Å². The van der Waals surface area contributed by atoms with Gasteiger partial charge in [-0.1, -0.05) is 35.4 Å². The van der Waals surface area contributed by atoms with Crippen LogP contribution in [-0.4, -0.2) is 14.7 Å². The van der Waals surface area contributed by atoms with E-state index in [2.05, 4.69) is 32.0 Å². The fourth-order valence-corrected chi connectivity index (χ4v) is 4.25. The standard InChI is InChI=1S/C20H21FO2S/c1-13-9-14(2)11-16(10-13)18-6-4-5-17(18)15-7-8-20(19(21)12-15)24(3,22)23/h7-12H,4-6H2,1-3H3. The average Bonchev–Trinajstić information content (AvgIpc) is 2.94. The van der Waals surface area contributed by atoms with Crippen LogP contribution in [0.3, 0.4) is 0 Å². The Morgan fingerprint density at radius 1 is 0.875 bits per heavy atom. The van der Waals surface area contributed by atoms with Gasteiger partial charge in [-0.3, -0.25) is 0 Å². The van der Waals surface area contributed by atoms with Crippen molar-refractivity contribution in [1.29, 1.82) is 0 Å². The number of rotatable bonds is 3. The highest BCUT2D eigenvalue weighted by molar-refractivity contribution is 7.90. The van der Waals surface area contributed by atoms with Gasteiger partial charge in [-0.15, -0.1) is 0 Å². The Kier molecular flexibility index (Phi) is 4.35. The fourth-order valence-electron chi connectivity index (χ4n) is 3.52. The molecule has 0 N–H and O–H groups in total. The molecule has 0 bridgehead atoms. The van der Waals surface area contributed by atoms with E-state index in [9.17, 15) is 12.8 Å². The van der Waals surface area contributed by atoms with Gasteiger partial charge in [-0.05, 0) is 67.5 Å². The van der Waals surface area contributed by atoms with Gasteiger partial charge in [0.1, 0.15) is 10.7 Å². The molecule has 0 radical (unpaired) electrons. The summed E-state index contributed by atoms with van der Waals surface area (Å²) in [5.74, 6) is -0.672. The van der Waals surface area contributed by atoms with Crippen molar-refractivity contribution < 1.29 is 12.8 Å². The highest BCUT2D eigenvalue weighted by Gasteiger charge is 2.20. The molecule has 0 saturated carbocycles. The van der Waals surface area contributed by atoms with E-state index in [0.717, 1.165) is 36.7 Å². The summed E-state index contributed by atoms with van der Waals surface area (Å²) in [5, 5.41) is 0. The zero-order valence-corrected chi connectivity index (χ0v) is 15.0. The molecule has 0 unspecified atom stereocenters. The molecule has 0 saturated heterocycles. The molecule has 0 heterocycles. The summed E-state index contributed by atoms with van der Waals surface area (Å²) < 4.78 is 37.4. The highest BCUT2D eigenvalue weighted by Crippen LogP contribution is 2.40. The van der Waals surface area contributed by atoms with Gasteiger partial charge in [-0.25, -0.2) is 12.8 Å². The summed E-state index contributed by atoms with van der Waals surface area (Å²) in [7, 11) is -3.54. The first-order chi connectivity index (χ1) is 11.3. The first kappa shape index (κ1) is 16.9. The molecular formula is C20H21FO2S. The van der Waals surface area contributed by atoms with Crippen LogP contribution < -0.4 is 0 Å². The number of hydrogen-bond donors (Lipinski definition) is 0. The Labute approximate surface area is 143 Å². The first-order valence-electron chi connectivity index (χ1n) is 8.06. The second kappa shape index (κ2) is 6.17. The van der Waals surface area contributed by atoms with E-state index in [-0.39, 0.29) is 4.90 Å². The van der Waals surface area contributed by atoms with Gasteiger partial charge in [0.25, 0.3) is 0 Å². The maximum Gasteiger partial charge on any atom is 0.178 e. The van der Waals surface area contributed by atoms with Gasteiger partial charge >= 0.3 is 0 Å². The van der Waals surface area contributed by atoms with Crippen molar-refractivity contribution in [2.24, 2.45) is 0 Å². The van der Waals surface area contributed by atoms with Crippen LogP contribution in [0.25, 0.3) is 11.1 Å². The fraction of sp³-hybridized carbons (Fsp3) is 0.300. The second-order valence-corrected chi connectivity index (χ2v) is 8.59. The first-order valence-corrected chi connectivity index (χ1v) is 9.95. The maximum absolute atomic E-state index is 14.3. The van der Waals surface area contributed by atoms with Crippen LogP contribution in [0.2, 0.25) is 0 Å². The molecule has 4 heteroatoms. The molecule has 2 aromatic carbocycles. The monoisotopic (exact) mass is 344 g/mol. The van der Waals surface area contributed by atoms with E-state index < -0.39 is 15.7 Å². The second-order valence-electron chi connectivity index (χ2n) is 6.60. The third-order valence-electron chi connectivity index (χ3n) is 4.47. The summed E-state index contributed by atoms with van der Waals surface area (Å²) in [6.45, 7) is 4.15. The Morgan fingerprint density at radius 3 is 2.00 bits per heavy atom. The molecular weight excluding hydrogens is 323 g/mol. The Bertz CT molecular complexity index is 920. The summed E-state index contributed by atoms with van der Waals surface area (Å²) in [5.41, 5.74) is 6.76. The molecule has 3 rings (SSSR count). The number of benzene rings is 2. The van der Waals surface area contributed by atoms with Crippen molar-refractivity contribution in [2.75, 3.05) is 6.26 Å². The van der Waals surface area contributed by atoms with E-state index in [1.807, 2.05) is 0 Å². The lowest BCUT2D eigenvalue weighted by atomic mass is 9.95. The Hall–Kier alpha value is -1.94. The molecule has 1 aliphatic rings. The minimum Gasteiger partial charge on any atom is -0.224 e. The normalized spacial score (nSPS) is 15.2. The lowest BCUT2D eigenvalue weighted by Crippen LogP contribution is -2.01. The van der Waals surface area contributed by atoms with Crippen molar-refractivity contribution in [3.8, 4) is 0 Å². The number of hydrogen-bond acceptors (Lipinski definition) is 2. The zero-order valence-electron chi connectivity index (χ0n) is 14.2. The van der Waals surface area contributed by atoms with Crippen molar-refractivity contribution in [2.45, 2.75) is 38.0 Å². The van der Waals surface area contributed by atoms with E-state index in [1.165, 1.54) is 34.4 Å². The molecule has 1 aliphatic carbocycles. The summed E-state index contributed by atoms with van der Waals surface area (Å²) in [6, 6.07) is 10.9. The summed E-state index contributed by atoms with van der Waals surface area (Å²) >= 11 is 0. The minimum atomic E-state index is -3.54. The van der Waals surface area contributed by atoms with Gasteiger partial charge in [-0.2, -0.15) is 0 Å². The van der Waals surface area contributed by atoms with Crippen LogP contribution in [0, 0.1) is 19.7 Å². The number of halogens is 1. The van der Waals surface area contributed by atoms with Crippen molar-refractivity contribution >= 4 is 21.0 Å². The van der Waals surface area contributed by atoms with E-state index in [4.69, 9.17) is 0 Å². The van der Waals surface area contributed by atoms with Crippen molar-refractivity contribution in [3.05, 3.63) is 64.5 Å². The quantitative estimate of drug-likeness (QED) is 0.790. The van der Waals surface area contributed by atoms with Crippen LogP contribution in [-0.2, 0) is 9.84 Å². The average molecular weight is 344 g/mol. The zero-order chi connectivity index (χ0) is 17.5. The lowest BCUT2D eigenvalue weighted by molar-refractivity contribution is 0.570. The van der Waals surface area contributed by atoms with Crippen LogP contribution in [0.15, 0.2) is 41.3 Å². The van der Waals surface area contributed by atoms with Crippen molar-refractivity contribution in [1.82, 2.24) is 0 Å². The molecule has 0 aromatic heterocycles. The van der Waals surface area contributed by atoms with Gasteiger partial charge in [0, 0.05) is 6.26 Å². The van der Waals surface area contributed by atoms with Gasteiger partial charge in [0.2, 0.25) is 0 Å².